The van der Waals surface area contributed by atoms with E-state index in [0.29, 0.717) is 11.4 Å². The van der Waals surface area contributed by atoms with E-state index in [0.717, 1.165) is 28.2 Å². The van der Waals surface area contributed by atoms with Gasteiger partial charge in [0, 0.05) is 17.1 Å². The Morgan fingerprint density at radius 1 is 1.26 bits per heavy atom. The lowest BCUT2D eigenvalue weighted by atomic mass is 10.0. The minimum Gasteiger partial charge on any atom is -0.478 e. The Balaban J connectivity index is 2.18. The largest absolute Gasteiger partial charge is 0.478 e. The highest BCUT2D eigenvalue weighted by atomic mass is 16.4. The van der Waals surface area contributed by atoms with Crippen LogP contribution in [0.15, 0.2) is 53.0 Å². The molecule has 0 unspecified atom stereocenters. The van der Waals surface area contributed by atoms with Crippen molar-refractivity contribution >= 4 is 34.0 Å². The summed E-state index contributed by atoms with van der Waals surface area (Å²) in [6.07, 6.45) is 1.15. The highest BCUT2D eigenvalue weighted by Crippen LogP contribution is 2.36. The molecule has 0 atom stereocenters. The van der Waals surface area contributed by atoms with E-state index in [1.165, 1.54) is 0 Å². The standard InChI is InChI=1S/C15H12N2O2/c1-9(8-13(18)19)15-16-11-6-2-4-10-5-3-7-12(17-15)14(10)11/h2-8H,1H3,(H,16,17)(H,18,19). The zero-order valence-corrected chi connectivity index (χ0v) is 10.3. The quantitative estimate of drug-likeness (QED) is 0.806. The number of anilines is 1. The molecule has 1 aliphatic heterocycles. The summed E-state index contributed by atoms with van der Waals surface area (Å²) in [5.41, 5.74) is 2.41. The minimum atomic E-state index is -0.973. The van der Waals surface area contributed by atoms with Gasteiger partial charge in [0.15, 0.2) is 0 Å². The second-order valence-electron chi connectivity index (χ2n) is 4.43. The van der Waals surface area contributed by atoms with Crippen LogP contribution in [0.5, 0.6) is 0 Å². The molecule has 1 heterocycles. The fourth-order valence-electron chi connectivity index (χ4n) is 2.23. The van der Waals surface area contributed by atoms with Gasteiger partial charge in [-0.1, -0.05) is 24.3 Å². The first-order valence-corrected chi connectivity index (χ1v) is 5.94. The molecule has 0 saturated carbocycles. The van der Waals surface area contributed by atoms with Crippen molar-refractivity contribution in [2.24, 2.45) is 4.99 Å². The molecule has 3 rings (SSSR count). The van der Waals surface area contributed by atoms with Crippen LogP contribution < -0.4 is 5.32 Å². The Morgan fingerprint density at radius 2 is 2.00 bits per heavy atom. The molecule has 0 aromatic heterocycles. The Labute approximate surface area is 110 Å². The number of hydrogen-bond donors (Lipinski definition) is 2. The first-order valence-electron chi connectivity index (χ1n) is 5.94. The minimum absolute atomic E-state index is 0.577. The SMILES string of the molecule is CC(=CC(=O)O)C1=Nc2cccc3cccc(c23)N1. The second-order valence-corrected chi connectivity index (χ2v) is 4.43. The molecule has 2 aromatic carbocycles. The van der Waals surface area contributed by atoms with Crippen LogP contribution in [0.2, 0.25) is 0 Å². The topological polar surface area (TPSA) is 61.7 Å². The number of hydrogen-bond acceptors (Lipinski definition) is 3. The van der Waals surface area contributed by atoms with E-state index in [9.17, 15) is 4.79 Å². The van der Waals surface area contributed by atoms with E-state index in [1.807, 2.05) is 36.4 Å². The van der Waals surface area contributed by atoms with Gasteiger partial charge in [0.2, 0.25) is 0 Å². The van der Waals surface area contributed by atoms with Crippen LogP contribution in [0.3, 0.4) is 0 Å². The first-order chi connectivity index (χ1) is 9.15. The number of benzene rings is 2. The predicted molar refractivity (Wildman–Crippen MR) is 76.1 cm³/mol. The monoisotopic (exact) mass is 252 g/mol. The highest BCUT2D eigenvalue weighted by Gasteiger charge is 2.15. The van der Waals surface area contributed by atoms with Crippen molar-refractivity contribution < 1.29 is 9.90 Å². The van der Waals surface area contributed by atoms with Crippen molar-refractivity contribution in [3.05, 3.63) is 48.0 Å². The third-order valence-electron chi connectivity index (χ3n) is 3.08. The van der Waals surface area contributed by atoms with Gasteiger partial charge in [-0.2, -0.15) is 0 Å². The average Bonchev–Trinajstić information content (AvgIpc) is 2.38. The maximum atomic E-state index is 10.7. The summed E-state index contributed by atoms with van der Waals surface area (Å²) in [7, 11) is 0. The summed E-state index contributed by atoms with van der Waals surface area (Å²) in [4.78, 5) is 15.2. The van der Waals surface area contributed by atoms with Gasteiger partial charge in [0.05, 0.1) is 5.69 Å². The van der Waals surface area contributed by atoms with Gasteiger partial charge in [-0.3, -0.25) is 0 Å². The van der Waals surface area contributed by atoms with Crippen molar-refractivity contribution in [2.75, 3.05) is 5.32 Å². The molecule has 0 spiro atoms. The second kappa shape index (κ2) is 4.24. The molecule has 0 aliphatic carbocycles. The Bertz CT molecular complexity index is 740. The number of aliphatic imine (C=N–C) groups is 1. The molecule has 0 saturated heterocycles. The van der Waals surface area contributed by atoms with Gasteiger partial charge in [-0.05, 0) is 30.0 Å². The van der Waals surface area contributed by atoms with Crippen molar-refractivity contribution in [3.63, 3.8) is 0 Å². The van der Waals surface area contributed by atoms with Crippen LogP contribution in [-0.4, -0.2) is 16.9 Å². The highest BCUT2D eigenvalue weighted by molar-refractivity contribution is 6.19. The zero-order chi connectivity index (χ0) is 13.4. The molecule has 94 valence electrons. The fourth-order valence-corrected chi connectivity index (χ4v) is 2.23. The van der Waals surface area contributed by atoms with E-state index in [1.54, 1.807) is 6.92 Å². The fraction of sp³-hybridized carbons (Fsp3) is 0.0667. The molecular weight excluding hydrogens is 240 g/mol. The smallest absolute Gasteiger partial charge is 0.328 e. The van der Waals surface area contributed by atoms with Crippen molar-refractivity contribution in [1.29, 1.82) is 0 Å². The number of aliphatic carboxylic acids is 1. The molecule has 4 heteroatoms. The Morgan fingerprint density at radius 3 is 2.74 bits per heavy atom. The molecule has 2 N–H and O–H groups in total. The molecule has 4 nitrogen and oxygen atoms in total. The van der Waals surface area contributed by atoms with Crippen molar-refractivity contribution in [2.45, 2.75) is 6.92 Å². The molecule has 1 aliphatic rings. The summed E-state index contributed by atoms with van der Waals surface area (Å²) in [5.74, 6) is -0.396. The number of carboxylic acid groups (broad SMARTS) is 1. The zero-order valence-electron chi connectivity index (χ0n) is 10.3. The van der Waals surface area contributed by atoms with Crippen LogP contribution in [0.25, 0.3) is 10.8 Å². The molecule has 0 amide bonds. The number of amidine groups is 1. The third-order valence-corrected chi connectivity index (χ3v) is 3.08. The van der Waals surface area contributed by atoms with Crippen LogP contribution in [0.1, 0.15) is 6.92 Å². The summed E-state index contributed by atoms with van der Waals surface area (Å²) < 4.78 is 0. The average molecular weight is 252 g/mol. The summed E-state index contributed by atoms with van der Waals surface area (Å²) in [6.45, 7) is 1.73. The van der Waals surface area contributed by atoms with Gasteiger partial charge in [-0.25, -0.2) is 9.79 Å². The number of nitrogens with zero attached hydrogens (tertiary/aromatic N) is 1. The van der Waals surface area contributed by atoms with E-state index in [2.05, 4.69) is 10.3 Å². The van der Waals surface area contributed by atoms with Gasteiger partial charge < -0.3 is 10.4 Å². The number of nitrogens with one attached hydrogen (secondary N) is 1. The van der Waals surface area contributed by atoms with E-state index >= 15 is 0 Å². The van der Waals surface area contributed by atoms with E-state index in [-0.39, 0.29) is 0 Å². The lowest BCUT2D eigenvalue weighted by Gasteiger charge is -2.19. The van der Waals surface area contributed by atoms with E-state index in [4.69, 9.17) is 5.11 Å². The first kappa shape index (κ1) is 11.5. The lowest BCUT2D eigenvalue weighted by Crippen LogP contribution is -2.16. The Hall–Kier alpha value is -2.62. The molecular formula is C15H12N2O2. The van der Waals surface area contributed by atoms with Gasteiger partial charge in [0.25, 0.3) is 0 Å². The summed E-state index contributed by atoms with van der Waals surface area (Å²) in [5, 5.41) is 14.2. The van der Waals surface area contributed by atoms with Crippen LogP contribution >= 0.6 is 0 Å². The molecule has 2 aromatic rings. The maximum Gasteiger partial charge on any atom is 0.328 e. The molecule has 0 radical (unpaired) electrons. The number of carbonyl (C=O) groups is 1. The third kappa shape index (κ3) is 1.97. The maximum absolute atomic E-state index is 10.7. The lowest BCUT2D eigenvalue weighted by molar-refractivity contribution is -0.131. The van der Waals surface area contributed by atoms with Gasteiger partial charge in [-0.15, -0.1) is 0 Å². The van der Waals surface area contributed by atoms with E-state index < -0.39 is 5.97 Å². The van der Waals surface area contributed by atoms with Gasteiger partial charge >= 0.3 is 5.97 Å². The summed E-state index contributed by atoms with van der Waals surface area (Å²) in [6, 6.07) is 11.9. The van der Waals surface area contributed by atoms with Crippen molar-refractivity contribution in [3.8, 4) is 0 Å². The number of rotatable bonds is 2. The Kier molecular flexibility index (Phi) is 2.56. The van der Waals surface area contributed by atoms with Crippen LogP contribution in [0, 0.1) is 0 Å². The normalized spacial score (nSPS) is 13.9. The van der Waals surface area contributed by atoms with Crippen molar-refractivity contribution in [1.82, 2.24) is 0 Å². The van der Waals surface area contributed by atoms with Gasteiger partial charge in [0.1, 0.15) is 5.84 Å². The number of carboxylic acids is 1. The van der Waals surface area contributed by atoms with Crippen LogP contribution in [-0.2, 0) is 4.79 Å². The molecule has 0 bridgehead atoms. The van der Waals surface area contributed by atoms with Crippen LogP contribution in [0.4, 0.5) is 11.4 Å². The summed E-state index contributed by atoms with van der Waals surface area (Å²) >= 11 is 0. The molecule has 19 heavy (non-hydrogen) atoms. The predicted octanol–water partition coefficient (Wildman–Crippen LogP) is 3.33. The molecule has 0 fully saturated rings.